The average molecular weight is 276 g/mol. The molecule has 2 aromatic carbocycles. The summed E-state index contributed by atoms with van der Waals surface area (Å²) in [5, 5.41) is 0. The highest BCUT2D eigenvalue weighted by atomic mass is 19.1. The van der Waals surface area contributed by atoms with Crippen molar-refractivity contribution in [2.24, 2.45) is 0 Å². The van der Waals surface area contributed by atoms with Gasteiger partial charge in [-0.05, 0) is 18.1 Å². The van der Waals surface area contributed by atoms with E-state index in [1.807, 2.05) is 42.2 Å². The van der Waals surface area contributed by atoms with Crippen molar-refractivity contribution < 1.29 is 8.78 Å². The van der Waals surface area contributed by atoms with Crippen LogP contribution in [-0.2, 0) is 6.54 Å². The molecule has 0 heterocycles. The van der Waals surface area contributed by atoms with Crippen LogP contribution in [0, 0.1) is 11.6 Å². The predicted molar refractivity (Wildman–Crippen MR) is 78.6 cm³/mol. The van der Waals surface area contributed by atoms with Gasteiger partial charge in [0.15, 0.2) is 5.82 Å². The molecule has 0 spiro atoms. The highest BCUT2D eigenvalue weighted by molar-refractivity contribution is 5.68. The molecule has 0 atom stereocenters. The number of benzene rings is 2. The molecule has 2 aromatic rings. The molecule has 0 aliphatic carbocycles. The monoisotopic (exact) mass is 276 g/mol. The van der Waals surface area contributed by atoms with Gasteiger partial charge >= 0.3 is 0 Å². The Morgan fingerprint density at radius 2 is 1.80 bits per heavy atom. The van der Waals surface area contributed by atoms with Crippen molar-refractivity contribution in [3.8, 4) is 0 Å². The third kappa shape index (κ3) is 3.26. The number of rotatable bonds is 5. The predicted octanol–water partition coefficient (Wildman–Crippen LogP) is 3.96. The van der Waals surface area contributed by atoms with Gasteiger partial charge in [-0.3, -0.25) is 0 Å². The van der Waals surface area contributed by atoms with Gasteiger partial charge in [0.05, 0.1) is 11.4 Å². The molecule has 0 aromatic heterocycles. The summed E-state index contributed by atoms with van der Waals surface area (Å²) in [6, 6.07) is 11.9. The Kier molecular flexibility index (Phi) is 4.56. The Hall–Kier alpha value is -2.10. The quantitative estimate of drug-likeness (QED) is 0.837. The summed E-state index contributed by atoms with van der Waals surface area (Å²) in [5.41, 5.74) is 7.23. The van der Waals surface area contributed by atoms with Gasteiger partial charge in [0.1, 0.15) is 5.82 Å². The summed E-state index contributed by atoms with van der Waals surface area (Å²) < 4.78 is 27.0. The maximum Gasteiger partial charge on any atom is 0.151 e. The van der Waals surface area contributed by atoms with Crippen LogP contribution >= 0.6 is 0 Å². The maximum absolute atomic E-state index is 13.6. The Labute approximate surface area is 117 Å². The van der Waals surface area contributed by atoms with Crippen molar-refractivity contribution in [1.29, 1.82) is 0 Å². The average Bonchev–Trinajstić information content (AvgIpc) is 2.43. The van der Waals surface area contributed by atoms with E-state index in [1.165, 1.54) is 6.07 Å². The molecule has 0 aliphatic heterocycles. The molecule has 0 fully saturated rings. The smallest absolute Gasteiger partial charge is 0.151 e. The molecule has 0 amide bonds. The van der Waals surface area contributed by atoms with Gasteiger partial charge in [-0.2, -0.15) is 0 Å². The minimum atomic E-state index is -0.714. The summed E-state index contributed by atoms with van der Waals surface area (Å²) in [6.45, 7) is 3.27. The van der Waals surface area contributed by atoms with Crippen molar-refractivity contribution in [2.75, 3.05) is 17.2 Å². The van der Waals surface area contributed by atoms with E-state index in [0.717, 1.165) is 18.1 Å². The molecular weight excluding hydrogens is 258 g/mol. The molecule has 0 unspecified atom stereocenters. The Balaban J connectivity index is 2.33. The highest BCUT2D eigenvalue weighted by Gasteiger charge is 2.14. The first-order valence-electron chi connectivity index (χ1n) is 6.65. The lowest BCUT2D eigenvalue weighted by atomic mass is 10.1. The van der Waals surface area contributed by atoms with Crippen LogP contribution in [0.4, 0.5) is 20.2 Å². The number of nitrogen functional groups attached to an aromatic ring is 1. The van der Waals surface area contributed by atoms with E-state index in [4.69, 9.17) is 5.73 Å². The number of nitrogens with zero attached hydrogens (tertiary/aromatic N) is 1. The van der Waals surface area contributed by atoms with Crippen LogP contribution in [-0.4, -0.2) is 6.54 Å². The first kappa shape index (κ1) is 14.3. The minimum absolute atomic E-state index is 0.00391. The summed E-state index contributed by atoms with van der Waals surface area (Å²) in [5.74, 6) is -1.32. The third-order valence-electron chi connectivity index (χ3n) is 3.12. The van der Waals surface area contributed by atoms with Crippen LogP contribution in [0.15, 0.2) is 42.5 Å². The Bertz CT molecular complexity index is 570. The summed E-state index contributed by atoms with van der Waals surface area (Å²) in [7, 11) is 0. The largest absolute Gasteiger partial charge is 0.395 e. The number of halogens is 2. The van der Waals surface area contributed by atoms with E-state index < -0.39 is 11.6 Å². The van der Waals surface area contributed by atoms with E-state index in [0.29, 0.717) is 18.8 Å². The van der Waals surface area contributed by atoms with Crippen LogP contribution in [0.3, 0.4) is 0 Å². The van der Waals surface area contributed by atoms with Crippen LogP contribution in [0.5, 0.6) is 0 Å². The standard InChI is InChI=1S/C16H18F2N2/c1-2-8-20(11-12-6-4-3-5-7-12)15-10-13(17)9-14(18)16(15)19/h3-7,9-10H,2,8,11,19H2,1H3. The van der Waals surface area contributed by atoms with E-state index in [1.54, 1.807) is 0 Å². The zero-order chi connectivity index (χ0) is 14.5. The van der Waals surface area contributed by atoms with E-state index >= 15 is 0 Å². The molecular formula is C16H18F2N2. The lowest BCUT2D eigenvalue weighted by Crippen LogP contribution is -2.25. The van der Waals surface area contributed by atoms with E-state index in [-0.39, 0.29) is 5.69 Å². The molecule has 106 valence electrons. The molecule has 0 saturated heterocycles. The summed E-state index contributed by atoms with van der Waals surface area (Å²) in [6.07, 6.45) is 0.865. The van der Waals surface area contributed by atoms with Gasteiger partial charge < -0.3 is 10.6 Å². The van der Waals surface area contributed by atoms with Crippen LogP contribution < -0.4 is 10.6 Å². The first-order valence-corrected chi connectivity index (χ1v) is 6.65. The maximum atomic E-state index is 13.6. The summed E-state index contributed by atoms with van der Waals surface area (Å²) >= 11 is 0. The normalized spacial score (nSPS) is 10.6. The van der Waals surface area contributed by atoms with Crippen molar-refractivity contribution in [3.05, 3.63) is 59.7 Å². The van der Waals surface area contributed by atoms with Crippen molar-refractivity contribution >= 4 is 11.4 Å². The Morgan fingerprint density at radius 3 is 2.45 bits per heavy atom. The van der Waals surface area contributed by atoms with Gasteiger partial charge in [0.25, 0.3) is 0 Å². The number of hydrogen-bond acceptors (Lipinski definition) is 2. The molecule has 0 radical (unpaired) electrons. The zero-order valence-corrected chi connectivity index (χ0v) is 11.4. The van der Waals surface area contributed by atoms with Crippen LogP contribution in [0.25, 0.3) is 0 Å². The van der Waals surface area contributed by atoms with Crippen LogP contribution in [0.1, 0.15) is 18.9 Å². The molecule has 2 nitrogen and oxygen atoms in total. The fourth-order valence-corrected chi connectivity index (χ4v) is 2.19. The fourth-order valence-electron chi connectivity index (χ4n) is 2.19. The van der Waals surface area contributed by atoms with E-state index in [9.17, 15) is 8.78 Å². The number of hydrogen-bond donors (Lipinski definition) is 1. The van der Waals surface area contributed by atoms with Crippen molar-refractivity contribution in [2.45, 2.75) is 19.9 Å². The number of anilines is 2. The van der Waals surface area contributed by atoms with Gasteiger partial charge in [-0.25, -0.2) is 8.78 Å². The van der Waals surface area contributed by atoms with E-state index in [2.05, 4.69) is 0 Å². The fraction of sp³-hybridized carbons (Fsp3) is 0.250. The van der Waals surface area contributed by atoms with Gasteiger partial charge in [0.2, 0.25) is 0 Å². The lowest BCUT2D eigenvalue weighted by Gasteiger charge is -2.26. The first-order chi connectivity index (χ1) is 9.61. The number of nitrogens with two attached hydrogens (primary N) is 1. The molecule has 4 heteroatoms. The van der Waals surface area contributed by atoms with Gasteiger partial charge in [0, 0.05) is 19.2 Å². The summed E-state index contributed by atoms with van der Waals surface area (Å²) in [4.78, 5) is 1.90. The second-order valence-electron chi connectivity index (χ2n) is 4.73. The topological polar surface area (TPSA) is 29.3 Å². The minimum Gasteiger partial charge on any atom is -0.395 e. The van der Waals surface area contributed by atoms with Crippen LogP contribution in [0.2, 0.25) is 0 Å². The molecule has 2 N–H and O–H groups in total. The highest BCUT2D eigenvalue weighted by Crippen LogP contribution is 2.28. The molecule has 20 heavy (non-hydrogen) atoms. The Morgan fingerprint density at radius 1 is 1.10 bits per heavy atom. The second-order valence-corrected chi connectivity index (χ2v) is 4.73. The molecule has 2 rings (SSSR count). The molecule has 0 saturated carbocycles. The zero-order valence-electron chi connectivity index (χ0n) is 11.4. The second kappa shape index (κ2) is 6.37. The molecule has 0 bridgehead atoms. The van der Waals surface area contributed by atoms with Crippen molar-refractivity contribution in [1.82, 2.24) is 0 Å². The molecule has 0 aliphatic rings. The SMILES string of the molecule is CCCN(Cc1ccccc1)c1cc(F)cc(F)c1N. The van der Waals surface area contributed by atoms with Gasteiger partial charge in [-0.15, -0.1) is 0 Å². The lowest BCUT2D eigenvalue weighted by molar-refractivity contribution is 0.584. The van der Waals surface area contributed by atoms with Crippen molar-refractivity contribution in [3.63, 3.8) is 0 Å². The third-order valence-corrected chi connectivity index (χ3v) is 3.12. The van der Waals surface area contributed by atoms with Gasteiger partial charge in [-0.1, -0.05) is 37.3 Å².